The Bertz CT molecular complexity index is 1190. The van der Waals surface area contributed by atoms with Crippen molar-refractivity contribution >= 4 is 28.9 Å². The van der Waals surface area contributed by atoms with Crippen LogP contribution in [0.25, 0.3) is 0 Å². The lowest BCUT2D eigenvalue weighted by molar-refractivity contribution is -0.122. The van der Waals surface area contributed by atoms with Crippen LogP contribution < -0.4 is 10.2 Å². The molecule has 7 heteroatoms. The van der Waals surface area contributed by atoms with E-state index in [1.54, 1.807) is 30.3 Å². The van der Waals surface area contributed by atoms with Crippen LogP contribution in [0.4, 0.5) is 11.4 Å². The summed E-state index contributed by atoms with van der Waals surface area (Å²) in [4.78, 5) is 36.2. The summed E-state index contributed by atoms with van der Waals surface area (Å²) in [6, 6.07) is 17.1. The average molecular weight is 514 g/mol. The minimum absolute atomic E-state index is 0.101. The van der Waals surface area contributed by atoms with Crippen molar-refractivity contribution in [2.75, 3.05) is 50.0 Å². The largest absolute Gasteiger partial charge is 0.369 e. The molecule has 2 aromatic rings. The first-order valence-corrected chi connectivity index (χ1v) is 13.2. The number of carbonyl (C=O) groups is 2. The molecule has 2 aromatic carbocycles. The zero-order valence-electron chi connectivity index (χ0n) is 23.0. The summed E-state index contributed by atoms with van der Waals surface area (Å²) in [5.41, 5.74) is 3.33. The molecular formula is C31H39N5O2. The molecule has 0 bridgehead atoms. The molecule has 0 spiro atoms. The number of hydrogen-bond acceptors (Lipinski definition) is 6. The van der Waals surface area contributed by atoms with Crippen molar-refractivity contribution in [2.24, 2.45) is 4.99 Å². The molecule has 0 saturated carbocycles. The van der Waals surface area contributed by atoms with E-state index in [-0.39, 0.29) is 18.2 Å². The summed E-state index contributed by atoms with van der Waals surface area (Å²) in [5.74, 6) is 0.334. The quantitative estimate of drug-likeness (QED) is 0.505. The molecule has 0 atom stereocenters. The Kier molecular flexibility index (Phi) is 10.6. The second-order valence-corrected chi connectivity index (χ2v) is 9.34. The summed E-state index contributed by atoms with van der Waals surface area (Å²) < 4.78 is 0. The van der Waals surface area contributed by atoms with E-state index < -0.39 is 0 Å². The molecule has 7 nitrogen and oxygen atoms in total. The molecule has 2 aliphatic heterocycles. The van der Waals surface area contributed by atoms with Crippen molar-refractivity contribution in [3.63, 3.8) is 0 Å². The van der Waals surface area contributed by atoms with Gasteiger partial charge in [0.1, 0.15) is 11.7 Å². The summed E-state index contributed by atoms with van der Waals surface area (Å²) in [6.45, 7) is 14.2. The Balaban J connectivity index is 0.00000127. The summed E-state index contributed by atoms with van der Waals surface area (Å²) >= 11 is 0. The fourth-order valence-corrected chi connectivity index (χ4v) is 4.09. The molecular weight excluding hydrogens is 474 g/mol. The maximum atomic E-state index is 12.8. The zero-order valence-corrected chi connectivity index (χ0v) is 23.0. The topological polar surface area (TPSA) is 68.2 Å². The van der Waals surface area contributed by atoms with E-state index in [1.807, 2.05) is 31.2 Å². The van der Waals surface area contributed by atoms with Gasteiger partial charge in [0, 0.05) is 54.8 Å². The fraction of sp³-hybridized carbons (Fsp3) is 0.323. The molecule has 0 aromatic heterocycles. The highest BCUT2D eigenvalue weighted by Crippen LogP contribution is 2.21. The van der Waals surface area contributed by atoms with Crippen LogP contribution in [-0.4, -0.2) is 67.1 Å². The van der Waals surface area contributed by atoms with E-state index >= 15 is 0 Å². The SMILES string of the molecule is C=C(/N=C1\C(=C/C)C=CC(=O)N1CC(=O)c1ccccc1)Nc1ccc(N2CCN(C)CC2)cc1.CCC. The maximum Gasteiger partial charge on any atom is 0.252 e. The fourth-order valence-electron chi connectivity index (χ4n) is 4.09. The van der Waals surface area contributed by atoms with E-state index in [9.17, 15) is 9.59 Å². The van der Waals surface area contributed by atoms with Crippen LogP contribution in [0.15, 0.2) is 95.8 Å². The lowest BCUT2D eigenvalue weighted by atomic mass is 10.1. The lowest BCUT2D eigenvalue weighted by Crippen LogP contribution is -2.44. The Hall–Kier alpha value is -3.97. The number of rotatable bonds is 7. The molecule has 0 aliphatic carbocycles. The van der Waals surface area contributed by atoms with Crippen molar-refractivity contribution in [2.45, 2.75) is 27.2 Å². The van der Waals surface area contributed by atoms with Gasteiger partial charge in [0.05, 0.1) is 6.54 Å². The molecule has 2 aliphatic rings. The molecule has 1 saturated heterocycles. The average Bonchev–Trinajstić information content (AvgIpc) is 2.92. The van der Waals surface area contributed by atoms with Gasteiger partial charge in [-0.3, -0.25) is 14.5 Å². The molecule has 1 N–H and O–H groups in total. The van der Waals surface area contributed by atoms with Crippen molar-refractivity contribution in [3.05, 3.63) is 96.4 Å². The highest BCUT2D eigenvalue weighted by molar-refractivity contribution is 6.18. The highest BCUT2D eigenvalue weighted by atomic mass is 16.2. The second kappa shape index (κ2) is 14.1. The zero-order chi connectivity index (χ0) is 27.5. The van der Waals surface area contributed by atoms with E-state index in [1.165, 1.54) is 23.1 Å². The van der Waals surface area contributed by atoms with Gasteiger partial charge in [0.15, 0.2) is 5.78 Å². The number of aliphatic imine (C=N–C) groups is 1. The van der Waals surface area contributed by atoms with Gasteiger partial charge >= 0.3 is 0 Å². The predicted octanol–water partition coefficient (Wildman–Crippen LogP) is 5.36. The number of nitrogens with one attached hydrogen (secondary N) is 1. The standard InChI is InChI=1S/C28H31N5O2.C3H8/c1-4-22-10-15-27(35)33(20-26(34)23-8-6-5-7-9-23)28(22)30-21(2)29-24-11-13-25(14-12-24)32-18-16-31(3)17-19-32;1-3-2/h4-15,29H,2,16-20H2,1,3H3;3H2,1-2H3/b22-4-,30-28+;. The van der Waals surface area contributed by atoms with Crippen molar-refractivity contribution < 1.29 is 9.59 Å². The molecule has 1 fully saturated rings. The van der Waals surface area contributed by atoms with Gasteiger partial charge < -0.3 is 15.1 Å². The number of Topliss-reactive ketones (excluding diaryl/α,β-unsaturated/α-hetero) is 1. The normalized spacial score (nSPS) is 17.8. The van der Waals surface area contributed by atoms with Crippen molar-refractivity contribution in [1.82, 2.24) is 9.80 Å². The number of anilines is 2. The van der Waals surface area contributed by atoms with E-state index in [2.05, 4.69) is 59.7 Å². The van der Waals surface area contributed by atoms with Crippen molar-refractivity contribution in [1.29, 1.82) is 0 Å². The maximum absolute atomic E-state index is 12.8. The number of amidine groups is 1. The van der Waals surface area contributed by atoms with Crippen LogP contribution >= 0.6 is 0 Å². The first kappa shape index (κ1) is 28.6. The number of benzene rings is 2. The van der Waals surface area contributed by atoms with E-state index in [0.29, 0.717) is 17.2 Å². The summed E-state index contributed by atoms with van der Waals surface area (Å²) in [7, 11) is 2.14. The number of likely N-dealkylation sites (N-methyl/N-ethyl adjacent to an activating group) is 1. The number of piperazine rings is 1. The van der Waals surface area contributed by atoms with Gasteiger partial charge in [-0.2, -0.15) is 0 Å². The molecule has 38 heavy (non-hydrogen) atoms. The first-order chi connectivity index (χ1) is 18.4. The molecule has 0 radical (unpaired) electrons. The highest BCUT2D eigenvalue weighted by Gasteiger charge is 2.26. The third kappa shape index (κ3) is 7.76. The van der Waals surface area contributed by atoms with Gasteiger partial charge in [-0.15, -0.1) is 0 Å². The number of carbonyl (C=O) groups excluding carboxylic acids is 2. The number of allylic oxidation sites excluding steroid dienone is 1. The van der Waals surface area contributed by atoms with Crippen LogP contribution in [-0.2, 0) is 4.79 Å². The molecule has 4 rings (SSSR count). The van der Waals surface area contributed by atoms with Crippen molar-refractivity contribution in [3.8, 4) is 0 Å². The van der Waals surface area contributed by atoms with Gasteiger partial charge in [0.25, 0.3) is 5.91 Å². The van der Waals surface area contributed by atoms with Gasteiger partial charge in [-0.25, -0.2) is 4.99 Å². The Labute approximate surface area is 226 Å². The van der Waals surface area contributed by atoms with Gasteiger partial charge in [0.2, 0.25) is 0 Å². The molecule has 200 valence electrons. The minimum atomic E-state index is -0.289. The van der Waals surface area contributed by atoms with E-state index in [4.69, 9.17) is 0 Å². The third-order valence-electron chi connectivity index (χ3n) is 6.16. The Morgan fingerprint density at radius 3 is 2.24 bits per heavy atom. The lowest BCUT2D eigenvalue weighted by Gasteiger charge is -2.34. The molecule has 1 amide bonds. The molecule has 2 heterocycles. The first-order valence-electron chi connectivity index (χ1n) is 13.2. The number of amides is 1. The van der Waals surface area contributed by atoms with Crippen LogP contribution in [0, 0.1) is 0 Å². The van der Waals surface area contributed by atoms with E-state index in [0.717, 1.165) is 37.4 Å². The van der Waals surface area contributed by atoms with Gasteiger partial charge in [-0.05, 0) is 44.3 Å². The Morgan fingerprint density at radius 2 is 1.63 bits per heavy atom. The minimum Gasteiger partial charge on any atom is -0.369 e. The number of ketones is 1. The summed E-state index contributed by atoms with van der Waals surface area (Å²) in [5, 5.41) is 3.21. The smallest absolute Gasteiger partial charge is 0.252 e. The summed E-state index contributed by atoms with van der Waals surface area (Å²) in [6.07, 6.45) is 6.28. The van der Waals surface area contributed by atoms with Crippen LogP contribution in [0.3, 0.4) is 0 Å². The van der Waals surface area contributed by atoms with Gasteiger partial charge in [-0.1, -0.05) is 63.3 Å². The molecule has 0 unspecified atom stereocenters. The van der Waals surface area contributed by atoms with Crippen LogP contribution in [0.2, 0.25) is 0 Å². The Morgan fingerprint density at radius 1 is 1.00 bits per heavy atom. The van der Waals surface area contributed by atoms with Crippen LogP contribution in [0.5, 0.6) is 0 Å². The predicted molar refractivity (Wildman–Crippen MR) is 158 cm³/mol. The number of nitrogens with zero attached hydrogens (tertiary/aromatic N) is 4. The van der Waals surface area contributed by atoms with Crippen LogP contribution in [0.1, 0.15) is 37.6 Å². The second-order valence-electron chi connectivity index (χ2n) is 9.34. The monoisotopic (exact) mass is 513 g/mol. The third-order valence-corrected chi connectivity index (χ3v) is 6.16. The number of hydrogen-bond donors (Lipinski definition) is 1.